The van der Waals surface area contributed by atoms with Gasteiger partial charge in [0.25, 0.3) is 5.91 Å². The van der Waals surface area contributed by atoms with E-state index in [0.29, 0.717) is 5.69 Å². The zero-order chi connectivity index (χ0) is 20.5. The summed E-state index contributed by atoms with van der Waals surface area (Å²) in [4.78, 5) is 27.7. The Morgan fingerprint density at radius 1 is 0.897 bits per heavy atom. The molecule has 0 saturated carbocycles. The van der Waals surface area contributed by atoms with Crippen LogP contribution in [0.3, 0.4) is 0 Å². The van der Waals surface area contributed by atoms with Crippen molar-refractivity contribution >= 4 is 23.2 Å². The zero-order valence-electron chi connectivity index (χ0n) is 16.5. The first kappa shape index (κ1) is 19.4. The number of aliphatic hydroxyl groups excluding tert-OH is 1. The fourth-order valence-electron chi connectivity index (χ4n) is 3.98. The zero-order valence-corrected chi connectivity index (χ0v) is 16.5. The molecule has 4 atom stereocenters. The van der Waals surface area contributed by atoms with E-state index >= 15 is 0 Å². The van der Waals surface area contributed by atoms with Crippen molar-refractivity contribution in [1.29, 1.82) is 0 Å². The lowest BCUT2D eigenvalue weighted by Crippen LogP contribution is -2.58. The predicted octanol–water partition coefficient (Wildman–Crippen LogP) is 2.83. The van der Waals surface area contributed by atoms with Gasteiger partial charge in [0.2, 0.25) is 5.91 Å². The van der Waals surface area contributed by atoms with Crippen molar-refractivity contribution < 1.29 is 14.7 Å². The molecule has 0 aromatic heterocycles. The number of fused-ring (bicyclic) bond motifs is 1. The minimum Gasteiger partial charge on any atom is -0.391 e. The second-order valence-corrected chi connectivity index (χ2v) is 7.81. The largest absolute Gasteiger partial charge is 0.391 e. The third kappa shape index (κ3) is 3.45. The third-order valence-corrected chi connectivity index (χ3v) is 5.53. The minimum absolute atomic E-state index is 0.0151. The summed E-state index contributed by atoms with van der Waals surface area (Å²) < 4.78 is 0. The SMILES string of the molecule is CC(C)C(O)C1C=CC2C(=O)N(c3ccccc3)C(=O)C2N1Nc1ccccc1. The van der Waals surface area contributed by atoms with E-state index in [9.17, 15) is 14.7 Å². The van der Waals surface area contributed by atoms with Gasteiger partial charge in [-0.05, 0) is 30.2 Å². The molecule has 0 aliphatic carbocycles. The van der Waals surface area contributed by atoms with Crippen LogP contribution >= 0.6 is 0 Å². The molecule has 2 aromatic carbocycles. The number of aliphatic hydroxyl groups is 1. The van der Waals surface area contributed by atoms with Crippen molar-refractivity contribution in [3.8, 4) is 0 Å². The molecule has 1 fully saturated rings. The Labute approximate surface area is 170 Å². The molecule has 0 radical (unpaired) electrons. The van der Waals surface area contributed by atoms with Gasteiger partial charge in [-0.25, -0.2) is 9.91 Å². The summed E-state index contributed by atoms with van der Waals surface area (Å²) in [6, 6.07) is 17.3. The summed E-state index contributed by atoms with van der Waals surface area (Å²) in [5, 5.41) is 12.6. The third-order valence-electron chi connectivity index (χ3n) is 5.53. The molecular weight excluding hydrogens is 366 g/mol. The molecule has 0 spiro atoms. The van der Waals surface area contributed by atoms with Gasteiger partial charge in [-0.15, -0.1) is 0 Å². The number of carbonyl (C=O) groups is 2. The van der Waals surface area contributed by atoms with Crippen LogP contribution in [-0.4, -0.2) is 40.1 Å². The standard InChI is InChI=1S/C23H25N3O3/c1-15(2)21(27)19-14-13-18-20(26(19)24-16-9-5-3-6-10-16)23(29)25(22(18)28)17-11-7-4-8-12-17/h3-15,18-21,24,27H,1-2H3. The molecule has 150 valence electrons. The van der Waals surface area contributed by atoms with Gasteiger partial charge in [0.05, 0.1) is 23.8 Å². The molecule has 4 unspecified atom stereocenters. The molecule has 29 heavy (non-hydrogen) atoms. The first-order valence-electron chi connectivity index (χ1n) is 9.88. The number of carbonyl (C=O) groups excluding carboxylic acids is 2. The Morgan fingerprint density at radius 2 is 1.52 bits per heavy atom. The van der Waals surface area contributed by atoms with Crippen LogP contribution in [0.5, 0.6) is 0 Å². The highest BCUT2D eigenvalue weighted by atomic mass is 16.3. The van der Waals surface area contributed by atoms with Crippen molar-refractivity contribution in [3.05, 3.63) is 72.8 Å². The van der Waals surface area contributed by atoms with E-state index in [1.54, 1.807) is 35.4 Å². The van der Waals surface area contributed by atoms with Gasteiger partial charge in [0, 0.05) is 5.69 Å². The van der Waals surface area contributed by atoms with Crippen LogP contribution < -0.4 is 10.3 Å². The lowest BCUT2D eigenvalue weighted by atomic mass is 9.89. The van der Waals surface area contributed by atoms with Crippen LogP contribution in [0.1, 0.15) is 13.8 Å². The number of hydrogen-bond acceptors (Lipinski definition) is 5. The molecule has 4 rings (SSSR count). The molecule has 0 bridgehead atoms. The highest BCUT2D eigenvalue weighted by molar-refractivity contribution is 6.24. The second-order valence-electron chi connectivity index (χ2n) is 7.81. The van der Waals surface area contributed by atoms with Crippen molar-refractivity contribution in [1.82, 2.24) is 5.01 Å². The van der Waals surface area contributed by atoms with Gasteiger partial charge in [-0.1, -0.05) is 62.4 Å². The summed E-state index contributed by atoms with van der Waals surface area (Å²) in [6.45, 7) is 3.87. The lowest BCUT2D eigenvalue weighted by Gasteiger charge is -2.41. The van der Waals surface area contributed by atoms with Crippen LogP contribution in [0.15, 0.2) is 72.8 Å². The van der Waals surface area contributed by atoms with Gasteiger partial charge in [-0.3, -0.25) is 9.59 Å². The van der Waals surface area contributed by atoms with Crippen LogP contribution in [0.4, 0.5) is 11.4 Å². The molecule has 2 aliphatic rings. The number of anilines is 2. The van der Waals surface area contributed by atoms with Gasteiger partial charge in [-0.2, -0.15) is 0 Å². The molecule has 2 amide bonds. The number of rotatable bonds is 5. The highest BCUT2D eigenvalue weighted by Gasteiger charge is 2.54. The van der Waals surface area contributed by atoms with Crippen molar-refractivity contribution in [2.24, 2.45) is 11.8 Å². The Bertz CT molecular complexity index is 913. The van der Waals surface area contributed by atoms with Gasteiger partial charge >= 0.3 is 0 Å². The smallest absolute Gasteiger partial charge is 0.254 e. The molecule has 2 aliphatic heterocycles. The number of nitrogens with one attached hydrogen (secondary N) is 1. The quantitative estimate of drug-likeness (QED) is 0.606. The molecule has 2 aromatic rings. The first-order chi connectivity index (χ1) is 14.0. The summed E-state index contributed by atoms with van der Waals surface area (Å²) in [6.07, 6.45) is 2.91. The molecular formula is C23H25N3O3. The fraction of sp³-hybridized carbons (Fsp3) is 0.304. The number of hydrazine groups is 1. The van der Waals surface area contributed by atoms with Gasteiger partial charge in [0.15, 0.2) is 0 Å². The first-order valence-corrected chi connectivity index (χ1v) is 9.88. The van der Waals surface area contributed by atoms with Gasteiger partial charge in [0.1, 0.15) is 6.04 Å². The highest BCUT2D eigenvalue weighted by Crippen LogP contribution is 2.36. The van der Waals surface area contributed by atoms with E-state index in [0.717, 1.165) is 5.69 Å². The van der Waals surface area contributed by atoms with Crippen LogP contribution in [0.25, 0.3) is 0 Å². The monoisotopic (exact) mass is 391 g/mol. The van der Waals surface area contributed by atoms with Crippen LogP contribution in [-0.2, 0) is 9.59 Å². The van der Waals surface area contributed by atoms with E-state index in [-0.39, 0.29) is 17.7 Å². The number of nitrogens with zero attached hydrogens (tertiary/aromatic N) is 2. The molecule has 1 saturated heterocycles. The Hall–Kier alpha value is -2.96. The van der Waals surface area contributed by atoms with E-state index < -0.39 is 24.1 Å². The van der Waals surface area contributed by atoms with Gasteiger partial charge < -0.3 is 10.5 Å². The number of hydrogen-bond donors (Lipinski definition) is 2. The maximum atomic E-state index is 13.4. The van der Waals surface area contributed by atoms with Crippen molar-refractivity contribution in [2.45, 2.75) is 32.0 Å². The van der Waals surface area contributed by atoms with E-state index in [1.165, 1.54) is 4.90 Å². The molecule has 6 heteroatoms. The number of amides is 2. The topological polar surface area (TPSA) is 72.9 Å². The fourth-order valence-corrected chi connectivity index (χ4v) is 3.98. The van der Waals surface area contributed by atoms with E-state index in [1.807, 2.05) is 56.3 Å². The lowest BCUT2D eigenvalue weighted by molar-refractivity contribution is -0.123. The molecule has 2 N–H and O–H groups in total. The summed E-state index contributed by atoms with van der Waals surface area (Å²) in [5.41, 5.74) is 4.64. The van der Waals surface area contributed by atoms with E-state index in [4.69, 9.17) is 0 Å². The van der Waals surface area contributed by atoms with Crippen LogP contribution in [0, 0.1) is 11.8 Å². The maximum absolute atomic E-state index is 13.4. The maximum Gasteiger partial charge on any atom is 0.254 e. The Morgan fingerprint density at radius 3 is 2.14 bits per heavy atom. The van der Waals surface area contributed by atoms with E-state index in [2.05, 4.69) is 5.43 Å². The van der Waals surface area contributed by atoms with Crippen molar-refractivity contribution in [2.75, 3.05) is 10.3 Å². The average molecular weight is 391 g/mol. The second kappa shape index (κ2) is 7.81. The molecule has 2 heterocycles. The normalized spacial score (nSPS) is 25.4. The number of benzene rings is 2. The molecule has 6 nitrogen and oxygen atoms in total. The Kier molecular flexibility index (Phi) is 5.22. The number of para-hydroxylation sites is 2. The number of imide groups is 1. The summed E-state index contributed by atoms with van der Waals surface area (Å²) in [5.74, 6) is -1.16. The summed E-state index contributed by atoms with van der Waals surface area (Å²) >= 11 is 0. The van der Waals surface area contributed by atoms with Crippen molar-refractivity contribution in [3.63, 3.8) is 0 Å². The average Bonchev–Trinajstić information content (AvgIpc) is 2.99. The predicted molar refractivity (Wildman–Crippen MR) is 112 cm³/mol. The summed E-state index contributed by atoms with van der Waals surface area (Å²) in [7, 11) is 0. The minimum atomic E-state index is -0.730. The Balaban J connectivity index is 1.73. The van der Waals surface area contributed by atoms with Crippen LogP contribution in [0.2, 0.25) is 0 Å².